The third-order valence-corrected chi connectivity index (χ3v) is 3.83. The first kappa shape index (κ1) is 14.8. The minimum absolute atomic E-state index is 0.579. The molecule has 0 spiro atoms. The van der Waals surface area contributed by atoms with Crippen LogP contribution in [-0.4, -0.2) is 16.5 Å². The van der Waals surface area contributed by atoms with Crippen LogP contribution >= 0.6 is 50.1 Å². The van der Waals surface area contributed by atoms with Gasteiger partial charge in [-0.05, 0) is 63.6 Å². The van der Waals surface area contributed by atoms with Crippen LogP contribution in [0.3, 0.4) is 0 Å². The monoisotopic (exact) mass is 452 g/mol. The third kappa shape index (κ3) is 3.93. The van der Waals surface area contributed by atoms with Gasteiger partial charge in [-0.2, -0.15) is 4.98 Å². The standard InChI is InChI=1S/C12H11BrClIN4/c1-2-16-12-17-6-8(13)11(19-12)18-10-4-3-7(15)5-9(10)14/h3-6H,2H2,1H3,(H2,16,17,18,19). The van der Waals surface area contributed by atoms with E-state index in [1.165, 1.54) is 0 Å². The van der Waals surface area contributed by atoms with Gasteiger partial charge in [0.1, 0.15) is 5.82 Å². The number of anilines is 3. The quantitative estimate of drug-likeness (QED) is 0.661. The fourth-order valence-electron chi connectivity index (χ4n) is 1.42. The zero-order valence-electron chi connectivity index (χ0n) is 10.0. The van der Waals surface area contributed by atoms with Crippen LogP contribution in [0.4, 0.5) is 17.5 Å². The molecule has 0 fully saturated rings. The lowest BCUT2D eigenvalue weighted by atomic mass is 10.3. The van der Waals surface area contributed by atoms with Crippen LogP contribution in [0.15, 0.2) is 28.9 Å². The van der Waals surface area contributed by atoms with E-state index in [2.05, 4.69) is 59.1 Å². The Hall–Kier alpha value is -0.600. The van der Waals surface area contributed by atoms with E-state index in [1.807, 2.05) is 25.1 Å². The minimum Gasteiger partial charge on any atom is -0.354 e. The molecule has 0 radical (unpaired) electrons. The van der Waals surface area contributed by atoms with Gasteiger partial charge >= 0.3 is 0 Å². The molecule has 1 aromatic carbocycles. The molecule has 0 atom stereocenters. The fraction of sp³-hybridized carbons (Fsp3) is 0.167. The Morgan fingerprint density at radius 1 is 1.42 bits per heavy atom. The zero-order chi connectivity index (χ0) is 13.8. The van der Waals surface area contributed by atoms with E-state index in [-0.39, 0.29) is 0 Å². The largest absolute Gasteiger partial charge is 0.354 e. The van der Waals surface area contributed by atoms with Gasteiger partial charge in [0.15, 0.2) is 0 Å². The van der Waals surface area contributed by atoms with E-state index < -0.39 is 0 Å². The maximum atomic E-state index is 6.19. The highest BCUT2D eigenvalue weighted by Gasteiger charge is 2.07. The molecule has 0 aliphatic rings. The lowest BCUT2D eigenvalue weighted by Gasteiger charge is -2.11. The Morgan fingerprint density at radius 3 is 2.89 bits per heavy atom. The van der Waals surface area contributed by atoms with Gasteiger partial charge in [0.2, 0.25) is 5.95 Å². The first-order valence-corrected chi connectivity index (χ1v) is 7.83. The van der Waals surface area contributed by atoms with Crippen LogP contribution in [0.1, 0.15) is 6.92 Å². The molecule has 2 aromatic rings. The lowest BCUT2D eigenvalue weighted by Crippen LogP contribution is -2.04. The molecule has 19 heavy (non-hydrogen) atoms. The van der Waals surface area contributed by atoms with E-state index in [9.17, 15) is 0 Å². The maximum Gasteiger partial charge on any atom is 0.224 e. The number of hydrogen-bond donors (Lipinski definition) is 2. The summed E-state index contributed by atoms with van der Waals surface area (Å²) < 4.78 is 1.87. The van der Waals surface area contributed by atoms with Crippen molar-refractivity contribution in [2.75, 3.05) is 17.2 Å². The lowest BCUT2D eigenvalue weighted by molar-refractivity contribution is 1.08. The predicted molar refractivity (Wildman–Crippen MR) is 91.3 cm³/mol. The normalized spacial score (nSPS) is 10.3. The summed E-state index contributed by atoms with van der Waals surface area (Å²) >= 11 is 11.8. The number of nitrogens with one attached hydrogen (secondary N) is 2. The van der Waals surface area contributed by atoms with Gasteiger partial charge in [0, 0.05) is 16.3 Å². The Labute approximate surface area is 138 Å². The summed E-state index contributed by atoms with van der Waals surface area (Å²) in [4.78, 5) is 8.54. The molecular formula is C12H11BrClIN4. The topological polar surface area (TPSA) is 49.8 Å². The Balaban J connectivity index is 2.29. The summed E-state index contributed by atoms with van der Waals surface area (Å²) in [6, 6.07) is 5.80. The molecule has 0 amide bonds. The van der Waals surface area contributed by atoms with Crippen molar-refractivity contribution >= 4 is 67.6 Å². The first-order chi connectivity index (χ1) is 9.10. The average molecular weight is 454 g/mol. The highest BCUT2D eigenvalue weighted by molar-refractivity contribution is 14.1. The number of nitrogens with zero attached hydrogens (tertiary/aromatic N) is 2. The number of benzene rings is 1. The number of halogens is 3. The van der Waals surface area contributed by atoms with Crippen molar-refractivity contribution in [3.8, 4) is 0 Å². The smallest absolute Gasteiger partial charge is 0.224 e. The van der Waals surface area contributed by atoms with Crippen LogP contribution in [0.5, 0.6) is 0 Å². The minimum atomic E-state index is 0.579. The second-order valence-corrected chi connectivity index (χ2v) is 6.18. The molecule has 1 aromatic heterocycles. The molecule has 0 unspecified atom stereocenters. The molecule has 100 valence electrons. The van der Waals surface area contributed by atoms with Gasteiger partial charge < -0.3 is 10.6 Å². The molecule has 0 saturated carbocycles. The third-order valence-electron chi connectivity index (χ3n) is 2.26. The Kier molecular flexibility index (Phi) is 5.23. The SMILES string of the molecule is CCNc1ncc(Br)c(Nc2ccc(I)cc2Cl)n1. The van der Waals surface area contributed by atoms with Gasteiger partial charge in [-0.3, -0.25) is 0 Å². The van der Waals surface area contributed by atoms with E-state index in [0.717, 1.165) is 20.3 Å². The highest BCUT2D eigenvalue weighted by Crippen LogP contribution is 2.29. The summed E-state index contributed by atoms with van der Waals surface area (Å²) in [5.74, 6) is 1.25. The molecule has 1 heterocycles. The van der Waals surface area contributed by atoms with Crippen LogP contribution in [0.25, 0.3) is 0 Å². The number of rotatable bonds is 4. The fourth-order valence-corrected chi connectivity index (χ4v) is 2.61. The maximum absolute atomic E-state index is 6.19. The highest BCUT2D eigenvalue weighted by atomic mass is 127. The van der Waals surface area contributed by atoms with Crippen molar-refractivity contribution in [3.05, 3.63) is 37.5 Å². The molecular weight excluding hydrogens is 442 g/mol. The van der Waals surface area contributed by atoms with Gasteiger partial charge in [-0.15, -0.1) is 0 Å². The summed E-state index contributed by atoms with van der Waals surface area (Å²) in [5.41, 5.74) is 0.809. The summed E-state index contributed by atoms with van der Waals surface area (Å²) in [5, 5.41) is 6.92. The molecule has 7 heteroatoms. The van der Waals surface area contributed by atoms with Gasteiger partial charge in [-0.1, -0.05) is 11.6 Å². The van der Waals surface area contributed by atoms with Crippen molar-refractivity contribution < 1.29 is 0 Å². The predicted octanol–water partition coefficient (Wildman–Crippen LogP) is 4.67. The second-order valence-electron chi connectivity index (χ2n) is 3.67. The second kappa shape index (κ2) is 6.71. The molecule has 0 bridgehead atoms. The van der Waals surface area contributed by atoms with Crippen LogP contribution in [-0.2, 0) is 0 Å². The van der Waals surface area contributed by atoms with Crippen molar-refractivity contribution in [2.24, 2.45) is 0 Å². The summed E-state index contributed by atoms with van der Waals surface area (Å²) in [7, 11) is 0. The van der Waals surface area contributed by atoms with Gasteiger partial charge in [0.05, 0.1) is 15.2 Å². The number of hydrogen-bond acceptors (Lipinski definition) is 4. The van der Waals surface area contributed by atoms with Crippen molar-refractivity contribution in [2.45, 2.75) is 6.92 Å². The molecule has 4 nitrogen and oxygen atoms in total. The van der Waals surface area contributed by atoms with Crippen LogP contribution in [0.2, 0.25) is 5.02 Å². The molecule has 2 N–H and O–H groups in total. The van der Waals surface area contributed by atoms with Crippen molar-refractivity contribution in [3.63, 3.8) is 0 Å². The molecule has 0 saturated heterocycles. The molecule has 2 rings (SSSR count). The van der Waals surface area contributed by atoms with Crippen molar-refractivity contribution in [1.82, 2.24) is 9.97 Å². The molecule has 0 aliphatic carbocycles. The van der Waals surface area contributed by atoms with E-state index in [0.29, 0.717) is 16.8 Å². The Bertz CT molecular complexity index is 594. The van der Waals surface area contributed by atoms with E-state index in [1.54, 1.807) is 6.20 Å². The van der Waals surface area contributed by atoms with Crippen LogP contribution < -0.4 is 10.6 Å². The zero-order valence-corrected chi connectivity index (χ0v) is 14.5. The Morgan fingerprint density at radius 2 is 2.21 bits per heavy atom. The van der Waals surface area contributed by atoms with Gasteiger partial charge in [-0.25, -0.2) is 4.98 Å². The van der Waals surface area contributed by atoms with Crippen LogP contribution in [0, 0.1) is 3.57 Å². The molecule has 0 aliphatic heterocycles. The van der Waals surface area contributed by atoms with E-state index in [4.69, 9.17) is 11.6 Å². The van der Waals surface area contributed by atoms with E-state index >= 15 is 0 Å². The van der Waals surface area contributed by atoms with Crippen molar-refractivity contribution in [1.29, 1.82) is 0 Å². The summed E-state index contributed by atoms with van der Waals surface area (Å²) in [6.45, 7) is 2.76. The summed E-state index contributed by atoms with van der Waals surface area (Å²) in [6.07, 6.45) is 1.70. The average Bonchev–Trinajstić information content (AvgIpc) is 2.37. The van der Waals surface area contributed by atoms with Gasteiger partial charge in [0.25, 0.3) is 0 Å². The first-order valence-electron chi connectivity index (χ1n) is 5.58. The number of aromatic nitrogens is 2.